The van der Waals surface area contributed by atoms with E-state index in [1.165, 1.54) is 33.6 Å². The summed E-state index contributed by atoms with van der Waals surface area (Å²) in [5.41, 5.74) is 7.04. The van der Waals surface area contributed by atoms with E-state index < -0.39 is 5.54 Å². The smallest absolute Gasteiger partial charge is 0.268 e. The molecule has 0 aliphatic carbocycles. The molecule has 0 unspecified atom stereocenters. The summed E-state index contributed by atoms with van der Waals surface area (Å²) >= 11 is 13.6. The van der Waals surface area contributed by atoms with Crippen molar-refractivity contribution in [1.82, 2.24) is 4.57 Å². The predicted octanol–water partition coefficient (Wildman–Crippen LogP) is 7.15. The molecule has 0 atom stereocenters. The van der Waals surface area contributed by atoms with Crippen molar-refractivity contribution in [3.8, 4) is 11.4 Å². The molecule has 0 fully saturated rings. The van der Waals surface area contributed by atoms with Crippen molar-refractivity contribution < 1.29 is 4.57 Å². The first kappa shape index (κ1) is 24.9. The summed E-state index contributed by atoms with van der Waals surface area (Å²) in [7, 11) is 0. The molecule has 1 heterocycles. The fourth-order valence-corrected chi connectivity index (χ4v) is 5.18. The largest absolute Gasteiger partial charge is 0.357 e. The van der Waals surface area contributed by atoms with E-state index in [9.17, 15) is 0 Å². The standard InChI is InChI=1S/C27H37BCl2N2/c1-17(2)21-11-9-12-22(18(3)4)25(21)31-15-16-32(27(31)28(29)30)26-23(19(5)6)13-10-14-24(26)20(7)8/h9-20,28H,1-8H3. The minimum Gasteiger partial charge on any atom is -0.357 e. The van der Waals surface area contributed by atoms with Crippen LogP contribution >= 0.6 is 22.9 Å². The molecule has 0 amide bonds. The number of benzene rings is 2. The molecule has 2 aromatic carbocycles. The van der Waals surface area contributed by atoms with Crippen LogP contribution in [0.5, 0.6) is 0 Å². The SMILES string of the molecule is CC(C)c1cccc(C(C)C)c1-n1cc[n+](-c2c(C(C)C)cccc2C(C)C)c1[BH-](Cl)Cl. The van der Waals surface area contributed by atoms with E-state index in [1.807, 2.05) is 0 Å². The third-order valence-electron chi connectivity index (χ3n) is 6.33. The Labute approximate surface area is 204 Å². The van der Waals surface area contributed by atoms with E-state index in [4.69, 9.17) is 22.9 Å². The molecule has 3 aromatic rings. The van der Waals surface area contributed by atoms with Crippen LogP contribution in [0, 0.1) is 0 Å². The minimum atomic E-state index is -1.61. The van der Waals surface area contributed by atoms with E-state index in [0.29, 0.717) is 23.7 Å². The molecule has 0 saturated carbocycles. The van der Waals surface area contributed by atoms with Crippen LogP contribution in [0.3, 0.4) is 0 Å². The molecule has 1 aromatic heterocycles. The van der Waals surface area contributed by atoms with Gasteiger partial charge in [-0.3, -0.25) is 0 Å². The monoisotopic (exact) mass is 470 g/mol. The average molecular weight is 471 g/mol. The van der Waals surface area contributed by atoms with Gasteiger partial charge in [0, 0.05) is 22.3 Å². The lowest BCUT2D eigenvalue weighted by Crippen LogP contribution is -2.54. The van der Waals surface area contributed by atoms with Gasteiger partial charge in [0.25, 0.3) is 5.54 Å². The van der Waals surface area contributed by atoms with Gasteiger partial charge in [-0.05, 0) is 23.7 Å². The highest BCUT2D eigenvalue weighted by Crippen LogP contribution is 2.32. The first-order valence-corrected chi connectivity index (χ1v) is 13.0. The number of rotatable bonds is 7. The number of para-hydroxylation sites is 2. The van der Waals surface area contributed by atoms with Gasteiger partial charge in [-0.1, -0.05) is 91.8 Å². The molecule has 0 saturated heterocycles. The first-order chi connectivity index (χ1) is 15.1. The van der Waals surface area contributed by atoms with Crippen molar-refractivity contribution in [1.29, 1.82) is 0 Å². The number of aromatic nitrogens is 2. The third-order valence-corrected chi connectivity index (χ3v) is 6.80. The molecule has 0 bridgehead atoms. The van der Waals surface area contributed by atoms with Gasteiger partial charge in [0.15, 0.2) is 0 Å². The van der Waals surface area contributed by atoms with Gasteiger partial charge >= 0.3 is 0 Å². The van der Waals surface area contributed by atoms with Gasteiger partial charge in [-0.25, -0.2) is 9.13 Å². The highest BCUT2D eigenvalue weighted by molar-refractivity contribution is 7.38. The molecule has 0 N–H and O–H groups in total. The molecular formula is C27H37BCl2N2. The second kappa shape index (κ2) is 10.1. The molecule has 3 rings (SSSR count). The second-order valence-corrected chi connectivity index (χ2v) is 11.4. The van der Waals surface area contributed by atoms with Crippen LogP contribution in [0.15, 0.2) is 48.8 Å². The van der Waals surface area contributed by atoms with Crippen molar-refractivity contribution in [2.75, 3.05) is 0 Å². The number of imidazole rings is 1. The predicted molar refractivity (Wildman–Crippen MR) is 142 cm³/mol. The topological polar surface area (TPSA) is 8.81 Å². The van der Waals surface area contributed by atoms with Crippen molar-refractivity contribution in [3.05, 3.63) is 71.0 Å². The van der Waals surface area contributed by atoms with E-state index >= 15 is 0 Å². The van der Waals surface area contributed by atoms with E-state index in [1.54, 1.807) is 0 Å². The summed E-state index contributed by atoms with van der Waals surface area (Å²) in [6.45, 7) is 18.0. The Hall–Kier alpha value is -1.71. The molecule has 2 nitrogen and oxygen atoms in total. The van der Waals surface area contributed by atoms with Gasteiger partial charge < -0.3 is 22.9 Å². The van der Waals surface area contributed by atoms with Crippen LogP contribution < -0.4 is 10.3 Å². The van der Waals surface area contributed by atoms with Crippen molar-refractivity contribution in [2.24, 2.45) is 0 Å². The van der Waals surface area contributed by atoms with Crippen LogP contribution in [0.25, 0.3) is 11.4 Å². The Morgan fingerprint density at radius 1 is 0.688 bits per heavy atom. The third kappa shape index (κ3) is 4.65. The second-order valence-electron chi connectivity index (χ2n) is 10.0. The van der Waals surface area contributed by atoms with E-state index in [0.717, 1.165) is 5.72 Å². The molecular weight excluding hydrogens is 434 g/mol. The molecule has 32 heavy (non-hydrogen) atoms. The van der Waals surface area contributed by atoms with E-state index in [2.05, 4.69) is 113 Å². The molecule has 5 heteroatoms. The summed E-state index contributed by atoms with van der Waals surface area (Å²) in [4.78, 5) is 0. The number of hydrogen-bond acceptors (Lipinski definition) is 0. The quantitative estimate of drug-likeness (QED) is 0.256. The highest BCUT2D eigenvalue weighted by Gasteiger charge is 2.29. The number of hydrogen-bond donors (Lipinski definition) is 0. The minimum absolute atomic E-state index is 0.390. The maximum absolute atomic E-state index is 6.79. The summed E-state index contributed by atoms with van der Waals surface area (Å²) in [5, 5.41) is 0. The zero-order valence-corrected chi connectivity index (χ0v) is 22.3. The van der Waals surface area contributed by atoms with Gasteiger partial charge in [0.2, 0.25) is 0 Å². The van der Waals surface area contributed by atoms with Crippen LogP contribution in [-0.2, 0) is 0 Å². The van der Waals surface area contributed by atoms with Gasteiger partial charge in [0.1, 0.15) is 29.5 Å². The molecule has 172 valence electrons. The fraction of sp³-hybridized carbons (Fsp3) is 0.444. The van der Waals surface area contributed by atoms with Crippen molar-refractivity contribution >= 4 is 34.2 Å². The normalized spacial score (nSPS) is 12.2. The summed E-state index contributed by atoms with van der Waals surface area (Å²) in [6.07, 6.45) is 4.29. The van der Waals surface area contributed by atoms with Crippen molar-refractivity contribution in [3.63, 3.8) is 0 Å². The Morgan fingerprint density at radius 3 is 1.47 bits per heavy atom. The highest BCUT2D eigenvalue weighted by atomic mass is 35.5. The Morgan fingerprint density at radius 2 is 1.09 bits per heavy atom. The van der Waals surface area contributed by atoms with Crippen LogP contribution in [0.1, 0.15) is 101 Å². The van der Waals surface area contributed by atoms with Gasteiger partial charge in [-0.15, -0.1) is 0 Å². The Bertz CT molecular complexity index is 948. The lowest BCUT2D eigenvalue weighted by molar-refractivity contribution is -0.576. The average Bonchev–Trinajstić information content (AvgIpc) is 3.17. The van der Waals surface area contributed by atoms with Gasteiger partial charge in [-0.2, -0.15) is 0 Å². The van der Waals surface area contributed by atoms with Crippen LogP contribution in [0.4, 0.5) is 0 Å². The fourth-order valence-electron chi connectivity index (χ4n) is 4.67. The zero-order valence-electron chi connectivity index (χ0n) is 20.8. The van der Waals surface area contributed by atoms with E-state index in [-0.39, 0.29) is 0 Å². The van der Waals surface area contributed by atoms with Crippen LogP contribution in [-0.4, -0.2) is 10.1 Å². The maximum Gasteiger partial charge on any atom is 0.268 e. The van der Waals surface area contributed by atoms with Crippen molar-refractivity contribution in [2.45, 2.75) is 79.1 Å². The maximum atomic E-state index is 6.79. The van der Waals surface area contributed by atoms with Gasteiger partial charge in [0.05, 0.1) is 0 Å². The number of halogens is 2. The summed E-state index contributed by atoms with van der Waals surface area (Å²) in [5.74, 6) is 1.56. The van der Waals surface area contributed by atoms with Crippen LogP contribution in [0.2, 0.25) is 0 Å². The molecule has 0 radical (unpaired) electrons. The number of nitrogens with zero attached hydrogens (tertiary/aromatic N) is 2. The molecule has 0 spiro atoms. The lowest BCUT2D eigenvalue weighted by Gasteiger charge is -2.22. The Kier molecular flexibility index (Phi) is 7.83. The zero-order chi connectivity index (χ0) is 23.7. The molecule has 0 aliphatic rings. The Balaban J connectivity index is 2.42. The first-order valence-electron chi connectivity index (χ1n) is 11.9. The molecule has 0 aliphatic heterocycles. The lowest BCUT2D eigenvalue weighted by atomic mass is 9.91. The summed E-state index contributed by atoms with van der Waals surface area (Å²) in [6, 6.07) is 13.3. The summed E-state index contributed by atoms with van der Waals surface area (Å²) < 4.78 is 4.51.